The van der Waals surface area contributed by atoms with Crippen molar-refractivity contribution in [1.29, 1.82) is 0 Å². The normalized spacial score (nSPS) is 11.5. The lowest BCUT2D eigenvalue weighted by Crippen LogP contribution is -2.39. The first-order chi connectivity index (χ1) is 17.4. The number of nitrogens with zero attached hydrogens (tertiary/aromatic N) is 3. The lowest BCUT2D eigenvalue weighted by molar-refractivity contribution is -0.117. The average molecular weight is 544 g/mol. The fourth-order valence-electron chi connectivity index (χ4n) is 4.04. The number of aryl methyl sites for hydroxylation is 2. The van der Waals surface area contributed by atoms with E-state index < -0.39 is 0 Å². The number of amides is 2. The maximum Gasteiger partial charge on any atom is 0.254 e. The number of hydrogen-bond donors (Lipinski definition) is 1. The number of anilines is 1. The zero-order valence-corrected chi connectivity index (χ0v) is 24.0. The fourth-order valence-corrected chi connectivity index (χ4v) is 4.33. The van der Waals surface area contributed by atoms with Crippen LogP contribution >= 0.6 is 23.2 Å². The van der Waals surface area contributed by atoms with Crippen LogP contribution in [0.3, 0.4) is 0 Å². The Hall–Kier alpha value is -2.83. The topological polar surface area (TPSA) is 67.2 Å². The summed E-state index contributed by atoms with van der Waals surface area (Å²) in [6.07, 6.45) is 2.76. The van der Waals surface area contributed by atoms with Gasteiger partial charge in [-0.3, -0.25) is 9.59 Å². The first kappa shape index (κ1) is 28.7. The van der Waals surface area contributed by atoms with Gasteiger partial charge in [-0.15, -0.1) is 0 Å². The van der Waals surface area contributed by atoms with Crippen LogP contribution in [0.5, 0.6) is 0 Å². The van der Waals surface area contributed by atoms with Crippen LogP contribution in [0.2, 0.25) is 10.0 Å². The number of nitrogens with one attached hydrogen (secondary N) is 1. The van der Waals surface area contributed by atoms with E-state index >= 15 is 0 Å². The molecule has 0 fully saturated rings. The van der Waals surface area contributed by atoms with Crippen molar-refractivity contribution < 1.29 is 9.59 Å². The summed E-state index contributed by atoms with van der Waals surface area (Å²) in [5.74, 6) is 0.0109. The van der Waals surface area contributed by atoms with Crippen molar-refractivity contribution in [3.8, 4) is 5.69 Å². The Morgan fingerprint density at radius 1 is 1.00 bits per heavy atom. The number of carbonyl (C=O) groups excluding carboxylic acids is 2. The second-order valence-corrected chi connectivity index (χ2v) is 11.3. The maximum atomic E-state index is 13.3. The molecule has 0 spiro atoms. The summed E-state index contributed by atoms with van der Waals surface area (Å²) in [4.78, 5) is 28.2. The van der Waals surface area contributed by atoms with Gasteiger partial charge in [-0.1, -0.05) is 81.4 Å². The molecule has 0 atom stereocenters. The van der Waals surface area contributed by atoms with Gasteiger partial charge in [0.15, 0.2) is 0 Å². The summed E-state index contributed by atoms with van der Waals surface area (Å²) >= 11 is 12.2. The Morgan fingerprint density at radius 3 is 2.35 bits per heavy atom. The van der Waals surface area contributed by atoms with Gasteiger partial charge in [0.25, 0.3) is 5.91 Å². The fraction of sp³-hybridized carbons (Fsp3) is 0.414. The van der Waals surface area contributed by atoms with E-state index in [0.29, 0.717) is 28.0 Å². The maximum absolute atomic E-state index is 13.3. The van der Waals surface area contributed by atoms with E-state index in [2.05, 4.69) is 39.1 Å². The van der Waals surface area contributed by atoms with Crippen LogP contribution in [0.1, 0.15) is 74.1 Å². The Labute approximate surface area is 230 Å². The van der Waals surface area contributed by atoms with E-state index in [9.17, 15) is 9.59 Å². The van der Waals surface area contributed by atoms with E-state index in [-0.39, 0.29) is 23.8 Å². The molecule has 3 rings (SSSR count). The Kier molecular flexibility index (Phi) is 9.43. The van der Waals surface area contributed by atoms with Crippen LogP contribution in [0.4, 0.5) is 5.82 Å². The quantitative estimate of drug-likeness (QED) is 0.287. The zero-order chi connectivity index (χ0) is 27.3. The predicted molar refractivity (Wildman–Crippen MR) is 152 cm³/mol. The molecule has 8 heteroatoms. The molecule has 0 saturated heterocycles. The van der Waals surface area contributed by atoms with Crippen LogP contribution in [0, 0.1) is 13.8 Å². The third-order valence-electron chi connectivity index (χ3n) is 6.15. The highest BCUT2D eigenvalue weighted by atomic mass is 35.5. The van der Waals surface area contributed by atoms with Gasteiger partial charge in [0.05, 0.1) is 21.4 Å². The first-order valence-electron chi connectivity index (χ1n) is 12.6. The lowest BCUT2D eigenvalue weighted by atomic mass is 9.92. The molecule has 3 aromatic rings. The van der Waals surface area contributed by atoms with Gasteiger partial charge in [-0.05, 0) is 50.1 Å². The summed E-state index contributed by atoms with van der Waals surface area (Å²) in [6.45, 7) is 12.8. The Bertz CT molecular complexity index is 1280. The smallest absolute Gasteiger partial charge is 0.254 e. The lowest BCUT2D eigenvalue weighted by Gasteiger charge is -2.23. The second kappa shape index (κ2) is 12.1. The molecule has 6 nitrogen and oxygen atoms in total. The van der Waals surface area contributed by atoms with Gasteiger partial charge in [-0.25, -0.2) is 4.68 Å². The summed E-state index contributed by atoms with van der Waals surface area (Å²) in [6, 6.07) is 12.8. The molecule has 1 heterocycles. The largest absolute Gasteiger partial charge is 0.329 e. The van der Waals surface area contributed by atoms with Crippen LogP contribution in [-0.4, -0.2) is 39.6 Å². The molecule has 1 aromatic heterocycles. The van der Waals surface area contributed by atoms with Crippen LogP contribution in [-0.2, 0) is 10.2 Å². The number of rotatable bonds is 9. The third kappa shape index (κ3) is 7.36. The number of hydrogen-bond acceptors (Lipinski definition) is 3. The van der Waals surface area contributed by atoms with Crippen LogP contribution in [0.15, 0.2) is 42.5 Å². The third-order valence-corrected chi connectivity index (χ3v) is 6.88. The standard InChI is InChI=1S/C29H36Cl2N4O2/c1-7-8-9-14-34(28(37)21-11-12-22(30)23(31)16-21)18-27(36)32-26-17-25(29(4,5)6)33-35(26)24-13-10-19(2)15-20(24)3/h10-13,15-17H,7-9,14,18H2,1-6H3,(H,32,36). The average Bonchev–Trinajstić information content (AvgIpc) is 3.23. The van der Waals surface area contributed by atoms with E-state index in [1.807, 2.05) is 32.0 Å². The minimum atomic E-state index is -0.295. The molecule has 0 unspecified atom stereocenters. The number of unbranched alkanes of at least 4 members (excludes halogenated alkanes) is 2. The van der Waals surface area contributed by atoms with E-state index in [4.69, 9.17) is 28.3 Å². The van der Waals surface area contributed by atoms with Gasteiger partial charge >= 0.3 is 0 Å². The molecule has 2 aromatic carbocycles. The highest BCUT2D eigenvalue weighted by molar-refractivity contribution is 6.42. The molecule has 0 bridgehead atoms. The number of carbonyl (C=O) groups is 2. The van der Waals surface area contributed by atoms with Crippen LogP contribution < -0.4 is 5.32 Å². The summed E-state index contributed by atoms with van der Waals surface area (Å²) < 4.78 is 1.77. The zero-order valence-electron chi connectivity index (χ0n) is 22.5. The Balaban J connectivity index is 1.89. The van der Waals surface area contributed by atoms with Gasteiger partial charge < -0.3 is 10.2 Å². The van der Waals surface area contributed by atoms with Gasteiger partial charge in [0.2, 0.25) is 5.91 Å². The van der Waals surface area contributed by atoms with Crippen molar-refractivity contribution in [2.24, 2.45) is 0 Å². The first-order valence-corrected chi connectivity index (χ1v) is 13.4. The molecule has 0 aliphatic rings. The highest BCUT2D eigenvalue weighted by Gasteiger charge is 2.24. The molecular weight excluding hydrogens is 507 g/mol. The SMILES string of the molecule is CCCCCN(CC(=O)Nc1cc(C(C)(C)C)nn1-c1ccc(C)cc1C)C(=O)c1ccc(Cl)c(Cl)c1. The summed E-state index contributed by atoms with van der Waals surface area (Å²) in [7, 11) is 0. The van der Waals surface area contributed by atoms with E-state index in [0.717, 1.165) is 41.8 Å². The summed E-state index contributed by atoms with van der Waals surface area (Å²) in [5.41, 5.74) is 4.14. The molecule has 0 radical (unpaired) electrons. The molecule has 37 heavy (non-hydrogen) atoms. The van der Waals surface area contributed by atoms with E-state index in [1.165, 1.54) is 0 Å². The molecule has 0 aliphatic heterocycles. The predicted octanol–water partition coefficient (Wildman–Crippen LogP) is 7.36. The second-order valence-electron chi connectivity index (χ2n) is 10.5. The highest BCUT2D eigenvalue weighted by Crippen LogP contribution is 2.28. The monoisotopic (exact) mass is 542 g/mol. The van der Waals surface area contributed by atoms with Crippen molar-refractivity contribution in [3.63, 3.8) is 0 Å². The molecule has 2 amide bonds. The van der Waals surface area contributed by atoms with Crippen LogP contribution in [0.25, 0.3) is 5.69 Å². The minimum absolute atomic E-state index is 0.0916. The number of aromatic nitrogens is 2. The molecule has 0 aliphatic carbocycles. The van der Waals surface area contributed by atoms with Gasteiger partial charge in [0.1, 0.15) is 12.4 Å². The van der Waals surface area contributed by atoms with Crippen molar-refractivity contribution in [2.75, 3.05) is 18.4 Å². The molecule has 198 valence electrons. The summed E-state index contributed by atoms with van der Waals surface area (Å²) in [5, 5.41) is 8.52. The number of benzene rings is 2. The number of halogens is 2. The van der Waals surface area contributed by atoms with Crippen molar-refractivity contribution >= 4 is 40.8 Å². The Morgan fingerprint density at radius 2 is 1.73 bits per heavy atom. The molecule has 0 saturated carbocycles. The van der Waals surface area contributed by atoms with Gasteiger partial charge in [-0.2, -0.15) is 5.10 Å². The van der Waals surface area contributed by atoms with E-state index in [1.54, 1.807) is 27.8 Å². The van der Waals surface area contributed by atoms with Crippen molar-refractivity contribution in [2.45, 2.75) is 66.2 Å². The molecule has 1 N–H and O–H groups in total. The minimum Gasteiger partial charge on any atom is -0.329 e. The van der Waals surface area contributed by atoms with Gasteiger partial charge in [0, 0.05) is 23.6 Å². The van der Waals surface area contributed by atoms with Crippen molar-refractivity contribution in [1.82, 2.24) is 14.7 Å². The van der Waals surface area contributed by atoms with Crippen molar-refractivity contribution in [3.05, 3.63) is 74.9 Å². The molecular formula is C29H36Cl2N4O2.